The Labute approximate surface area is 111 Å². The Kier molecular flexibility index (Phi) is 3.16. The summed E-state index contributed by atoms with van der Waals surface area (Å²) in [5.41, 5.74) is 8.09. The van der Waals surface area contributed by atoms with E-state index in [2.05, 4.69) is 15.4 Å². The molecule has 1 fully saturated rings. The summed E-state index contributed by atoms with van der Waals surface area (Å²) in [5.74, 6) is 0.0546. The van der Waals surface area contributed by atoms with Gasteiger partial charge in [0, 0.05) is 24.7 Å². The Morgan fingerprint density at radius 3 is 3.00 bits per heavy atom. The number of benzene rings is 1. The van der Waals surface area contributed by atoms with Gasteiger partial charge in [-0.2, -0.15) is 15.4 Å². The Morgan fingerprint density at radius 1 is 1.26 bits per heavy atom. The van der Waals surface area contributed by atoms with Crippen LogP contribution in [0, 0.1) is 0 Å². The van der Waals surface area contributed by atoms with Gasteiger partial charge in [-0.15, -0.1) is 0 Å². The molecule has 2 aromatic rings. The van der Waals surface area contributed by atoms with Crippen molar-refractivity contribution in [3.05, 3.63) is 23.8 Å². The third kappa shape index (κ3) is 2.44. The molecule has 0 spiro atoms. The first-order valence-electron chi connectivity index (χ1n) is 6.59. The maximum atomic E-state index is 12.5. The molecule has 6 heteroatoms. The van der Waals surface area contributed by atoms with Gasteiger partial charge in [0.1, 0.15) is 11.0 Å². The van der Waals surface area contributed by atoms with E-state index >= 15 is 0 Å². The lowest BCUT2D eigenvalue weighted by Crippen LogP contribution is -2.32. The van der Waals surface area contributed by atoms with Gasteiger partial charge in [-0.3, -0.25) is 4.79 Å². The number of aromatic amines is 1. The molecule has 1 aromatic carbocycles. The molecule has 0 aliphatic carbocycles. The number of carbonyl (C=O) groups excluding carboxylic acids is 1. The molecule has 1 atom stereocenters. The second-order valence-corrected chi connectivity index (χ2v) is 5.01. The second kappa shape index (κ2) is 4.97. The number of amides is 1. The summed E-state index contributed by atoms with van der Waals surface area (Å²) in [6.07, 6.45) is 2.84. The first-order valence-corrected chi connectivity index (χ1v) is 6.59. The number of hydrogen-bond acceptors (Lipinski definition) is 4. The Balaban J connectivity index is 1.82. The first-order chi connectivity index (χ1) is 9.24. The molecule has 6 nitrogen and oxygen atoms in total. The van der Waals surface area contributed by atoms with Crippen LogP contribution in [0.1, 0.15) is 29.6 Å². The minimum atomic E-state index is 0.0546. The summed E-state index contributed by atoms with van der Waals surface area (Å²) < 4.78 is 0. The molecule has 1 aliphatic heterocycles. The fourth-order valence-electron chi connectivity index (χ4n) is 2.48. The van der Waals surface area contributed by atoms with Gasteiger partial charge < -0.3 is 10.6 Å². The van der Waals surface area contributed by atoms with Crippen molar-refractivity contribution < 1.29 is 4.79 Å². The average Bonchev–Trinajstić information content (AvgIpc) is 2.78. The highest BCUT2D eigenvalue weighted by molar-refractivity contribution is 5.97. The van der Waals surface area contributed by atoms with Crippen molar-refractivity contribution in [3.63, 3.8) is 0 Å². The van der Waals surface area contributed by atoms with E-state index in [1.54, 1.807) is 12.1 Å². The number of H-pyrrole nitrogens is 1. The number of aromatic nitrogens is 3. The predicted octanol–water partition coefficient (Wildman–Crippen LogP) is 0.911. The highest BCUT2D eigenvalue weighted by Gasteiger charge is 2.20. The topological polar surface area (TPSA) is 87.9 Å². The summed E-state index contributed by atoms with van der Waals surface area (Å²) in [6, 6.07) is 5.62. The van der Waals surface area contributed by atoms with Gasteiger partial charge in [0.15, 0.2) is 0 Å². The molecule has 0 saturated carbocycles. The lowest BCUT2D eigenvalue weighted by atomic mass is 10.1. The molecule has 2 heterocycles. The van der Waals surface area contributed by atoms with Crippen molar-refractivity contribution in [1.82, 2.24) is 20.3 Å². The van der Waals surface area contributed by atoms with Crippen molar-refractivity contribution in [3.8, 4) is 0 Å². The standard InChI is InChI=1S/C13H17N5O/c14-10-2-1-6-18(7-5-10)13(19)9-3-4-11-12(8-9)16-17-15-11/h3-4,8,10H,1-2,5-7,14H2,(H,15,16,17)/t10-/m1/s1. The zero-order valence-corrected chi connectivity index (χ0v) is 10.7. The minimum Gasteiger partial charge on any atom is -0.339 e. The zero-order chi connectivity index (χ0) is 13.2. The molecular formula is C13H17N5O. The molecule has 19 heavy (non-hydrogen) atoms. The molecule has 1 amide bonds. The van der Waals surface area contributed by atoms with E-state index in [1.807, 2.05) is 11.0 Å². The maximum absolute atomic E-state index is 12.5. The molecule has 3 rings (SSSR count). The van der Waals surface area contributed by atoms with Crippen LogP contribution in [0.5, 0.6) is 0 Å². The average molecular weight is 259 g/mol. The number of hydrogen-bond donors (Lipinski definition) is 2. The predicted molar refractivity (Wildman–Crippen MR) is 71.6 cm³/mol. The SMILES string of the molecule is N[C@@H]1CCCN(C(=O)c2ccc3n[nH]nc3c2)CC1. The minimum absolute atomic E-state index is 0.0546. The van der Waals surface area contributed by atoms with Crippen molar-refractivity contribution >= 4 is 16.9 Å². The Hall–Kier alpha value is -1.95. The van der Waals surface area contributed by atoms with Crippen LogP contribution in [0.4, 0.5) is 0 Å². The van der Waals surface area contributed by atoms with E-state index in [4.69, 9.17) is 5.73 Å². The van der Waals surface area contributed by atoms with Crippen LogP contribution < -0.4 is 5.73 Å². The summed E-state index contributed by atoms with van der Waals surface area (Å²) in [4.78, 5) is 14.3. The van der Waals surface area contributed by atoms with Gasteiger partial charge in [0.2, 0.25) is 0 Å². The van der Waals surface area contributed by atoms with Crippen LogP contribution in [0.3, 0.4) is 0 Å². The van der Waals surface area contributed by atoms with Gasteiger partial charge in [-0.1, -0.05) is 0 Å². The quantitative estimate of drug-likeness (QED) is 0.796. The molecule has 1 saturated heterocycles. The number of likely N-dealkylation sites (tertiary alicyclic amines) is 1. The number of fused-ring (bicyclic) bond motifs is 1. The fourth-order valence-corrected chi connectivity index (χ4v) is 2.48. The third-order valence-corrected chi connectivity index (χ3v) is 3.62. The summed E-state index contributed by atoms with van der Waals surface area (Å²) in [6.45, 7) is 1.51. The lowest BCUT2D eigenvalue weighted by Gasteiger charge is -2.20. The van der Waals surface area contributed by atoms with Crippen LogP contribution in [-0.4, -0.2) is 45.3 Å². The van der Waals surface area contributed by atoms with Crippen molar-refractivity contribution in [1.29, 1.82) is 0 Å². The van der Waals surface area contributed by atoms with Crippen LogP contribution in [0.2, 0.25) is 0 Å². The normalized spacial score (nSPS) is 20.5. The van der Waals surface area contributed by atoms with E-state index in [1.165, 1.54) is 0 Å². The number of rotatable bonds is 1. The van der Waals surface area contributed by atoms with Gasteiger partial charge in [-0.05, 0) is 37.5 Å². The van der Waals surface area contributed by atoms with Crippen molar-refractivity contribution in [2.45, 2.75) is 25.3 Å². The van der Waals surface area contributed by atoms with Gasteiger partial charge in [0.25, 0.3) is 5.91 Å². The molecule has 0 radical (unpaired) electrons. The molecule has 3 N–H and O–H groups in total. The Bertz CT molecular complexity index is 593. The van der Waals surface area contributed by atoms with Gasteiger partial charge in [-0.25, -0.2) is 0 Å². The Morgan fingerprint density at radius 2 is 2.11 bits per heavy atom. The van der Waals surface area contributed by atoms with E-state index in [0.29, 0.717) is 5.56 Å². The van der Waals surface area contributed by atoms with E-state index in [9.17, 15) is 4.79 Å². The monoisotopic (exact) mass is 259 g/mol. The van der Waals surface area contributed by atoms with Crippen LogP contribution >= 0.6 is 0 Å². The summed E-state index contributed by atoms with van der Waals surface area (Å²) in [7, 11) is 0. The zero-order valence-electron chi connectivity index (χ0n) is 10.7. The number of carbonyl (C=O) groups is 1. The van der Waals surface area contributed by atoms with Crippen molar-refractivity contribution in [2.24, 2.45) is 5.73 Å². The fraction of sp³-hybridized carbons (Fsp3) is 0.462. The third-order valence-electron chi connectivity index (χ3n) is 3.62. The van der Waals surface area contributed by atoms with Gasteiger partial charge >= 0.3 is 0 Å². The first kappa shape index (κ1) is 12.1. The van der Waals surface area contributed by atoms with E-state index in [-0.39, 0.29) is 11.9 Å². The molecule has 1 aliphatic rings. The smallest absolute Gasteiger partial charge is 0.253 e. The number of nitrogens with two attached hydrogens (primary N) is 1. The largest absolute Gasteiger partial charge is 0.339 e. The highest BCUT2D eigenvalue weighted by atomic mass is 16.2. The highest BCUT2D eigenvalue weighted by Crippen LogP contribution is 2.16. The molecule has 100 valence electrons. The molecule has 0 bridgehead atoms. The number of nitrogens with one attached hydrogen (secondary N) is 1. The van der Waals surface area contributed by atoms with Gasteiger partial charge in [0.05, 0.1) is 0 Å². The second-order valence-electron chi connectivity index (χ2n) is 5.01. The molecular weight excluding hydrogens is 242 g/mol. The van der Waals surface area contributed by atoms with Crippen molar-refractivity contribution in [2.75, 3.05) is 13.1 Å². The van der Waals surface area contributed by atoms with E-state index in [0.717, 1.165) is 43.4 Å². The van der Waals surface area contributed by atoms with E-state index < -0.39 is 0 Å². The summed E-state index contributed by atoms with van der Waals surface area (Å²) >= 11 is 0. The lowest BCUT2D eigenvalue weighted by molar-refractivity contribution is 0.0761. The number of nitrogens with zero attached hydrogens (tertiary/aromatic N) is 3. The van der Waals surface area contributed by atoms with Crippen LogP contribution in [-0.2, 0) is 0 Å². The van der Waals surface area contributed by atoms with Crippen LogP contribution in [0.15, 0.2) is 18.2 Å². The maximum Gasteiger partial charge on any atom is 0.253 e. The molecule has 1 aromatic heterocycles. The summed E-state index contributed by atoms with van der Waals surface area (Å²) in [5, 5.41) is 10.5. The van der Waals surface area contributed by atoms with Crippen LogP contribution in [0.25, 0.3) is 11.0 Å². The molecule has 0 unspecified atom stereocenters.